The SMILES string of the molecule is CNC(=O)C=CCCCCCCC=CC(=O)NC. The molecule has 102 valence electrons. The van der Waals surface area contributed by atoms with Crippen molar-refractivity contribution in [1.29, 1.82) is 0 Å². The lowest BCUT2D eigenvalue weighted by Crippen LogP contribution is -2.13. The molecule has 0 spiro atoms. The van der Waals surface area contributed by atoms with E-state index in [1.807, 2.05) is 12.2 Å². The minimum absolute atomic E-state index is 0.0469. The molecule has 0 saturated carbocycles. The molecule has 0 aliphatic rings. The Labute approximate surface area is 110 Å². The molecule has 0 saturated heterocycles. The summed E-state index contributed by atoms with van der Waals surface area (Å²) >= 11 is 0. The third-order valence-electron chi connectivity index (χ3n) is 2.52. The number of amides is 2. The van der Waals surface area contributed by atoms with E-state index in [1.165, 1.54) is 0 Å². The lowest BCUT2D eigenvalue weighted by atomic mass is 10.1. The van der Waals surface area contributed by atoms with Crippen LogP contribution in [-0.2, 0) is 9.59 Å². The molecule has 18 heavy (non-hydrogen) atoms. The second-order valence-electron chi connectivity index (χ2n) is 4.02. The van der Waals surface area contributed by atoms with Crippen molar-refractivity contribution in [3.63, 3.8) is 0 Å². The van der Waals surface area contributed by atoms with Crippen LogP contribution in [-0.4, -0.2) is 25.9 Å². The topological polar surface area (TPSA) is 58.2 Å². The number of rotatable bonds is 9. The number of unbranched alkanes of at least 4 members (excludes halogenated alkanes) is 5. The molecule has 0 aromatic heterocycles. The molecular formula is C14H24N2O2. The highest BCUT2D eigenvalue weighted by Gasteiger charge is 1.91. The lowest BCUT2D eigenvalue weighted by Gasteiger charge is -1.97. The van der Waals surface area contributed by atoms with Crippen LogP contribution >= 0.6 is 0 Å². The van der Waals surface area contributed by atoms with Crippen LogP contribution in [0, 0.1) is 0 Å². The van der Waals surface area contributed by atoms with E-state index >= 15 is 0 Å². The Morgan fingerprint density at radius 1 is 0.778 bits per heavy atom. The van der Waals surface area contributed by atoms with Gasteiger partial charge in [-0.05, 0) is 37.8 Å². The number of carbonyl (C=O) groups is 2. The van der Waals surface area contributed by atoms with E-state index in [-0.39, 0.29) is 11.8 Å². The van der Waals surface area contributed by atoms with Gasteiger partial charge in [-0.2, -0.15) is 0 Å². The van der Waals surface area contributed by atoms with Crippen LogP contribution in [0.5, 0.6) is 0 Å². The Hall–Kier alpha value is -1.58. The average molecular weight is 252 g/mol. The molecular weight excluding hydrogens is 228 g/mol. The van der Waals surface area contributed by atoms with Gasteiger partial charge in [0, 0.05) is 14.1 Å². The first-order chi connectivity index (χ1) is 8.70. The van der Waals surface area contributed by atoms with Crippen molar-refractivity contribution in [3.05, 3.63) is 24.3 Å². The smallest absolute Gasteiger partial charge is 0.243 e. The molecule has 0 aliphatic carbocycles. The first-order valence-corrected chi connectivity index (χ1v) is 6.47. The quantitative estimate of drug-likeness (QED) is 0.486. The van der Waals surface area contributed by atoms with Crippen LogP contribution in [0.3, 0.4) is 0 Å². The molecule has 0 atom stereocenters. The summed E-state index contributed by atoms with van der Waals surface area (Å²) in [4.78, 5) is 21.7. The fourth-order valence-electron chi connectivity index (χ4n) is 1.43. The minimum atomic E-state index is -0.0469. The molecule has 0 rings (SSSR count). The number of carbonyl (C=O) groups excluding carboxylic acids is 2. The van der Waals surface area contributed by atoms with Gasteiger partial charge in [-0.1, -0.05) is 25.0 Å². The van der Waals surface area contributed by atoms with Crippen molar-refractivity contribution in [2.24, 2.45) is 0 Å². The summed E-state index contributed by atoms with van der Waals surface area (Å²) in [6.45, 7) is 0. The van der Waals surface area contributed by atoms with E-state index < -0.39 is 0 Å². The van der Waals surface area contributed by atoms with E-state index in [4.69, 9.17) is 0 Å². The number of allylic oxidation sites excluding steroid dienone is 2. The normalized spacial score (nSPS) is 11.0. The average Bonchev–Trinajstić information content (AvgIpc) is 2.40. The Morgan fingerprint density at radius 2 is 1.17 bits per heavy atom. The minimum Gasteiger partial charge on any atom is -0.356 e. The second-order valence-corrected chi connectivity index (χ2v) is 4.02. The van der Waals surface area contributed by atoms with Gasteiger partial charge < -0.3 is 10.6 Å². The van der Waals surface area contributed by atoms with E-state index in [9.17, 15) is 9.59 Å². The Morgan fingerprint density at radius 3 is 1.50 bits per heavy atom. The molecule has 0 radical (unpaired) electrons. The monoisotopic (exact) mass is 252 g/mol. The zero-order valence-electron chi connectivity index (χ0n) is 11.4. The summed E-state index contributed by atoms with van der Waals surface area (Å²) in [6, 6.07) is 0. The molecule has 0 heterocycles. The predicted molar refractivity (Wildman–Crippen MR) is 74.1 cm³/mol. The second kappa shape index (κ2) is 11.9. The Balaban J connectivity index is 3.31. The van der Waals surface area contributed by atoms with Gasteiger partial charge in [-0.3, -0.25) is 9.59 Å². The highest BCUT2D eigenvalue weighted by molar-refractivity contribution is 5.87. The predicted octanol–water partition coefficient (Wildman–Crippen LogP) is 1.93. The highest BCUT2D eigenvalue weighted by atomic mass is 16.2. The summed E-state index contributed by atoms with van der Waals surface area (Å²) < 4.78 is 0. The first kappa shape index (κ1) is 16.4. The van der Waals surface area contributed by atoms with Crippen LogP contribution in [0.4, 0.5) is 0 Å². The van der Waals surface area contributed by atoms with Gasteiger partial charge in [0.15, 0.2) is 0 Å². The van der Waals surface area contributed by atoms with Crippen molar-refractivity contribution in [2.45, 2.75) is 38.5 Å². The van der Waals surface area contributed by atoms with Gasteiger partial charge in [-0.15, -0.1) is 0 Å². The largest absolute Gasteiger partial charge is 0.356 e. The van der Waals surface area contributed by atoms with Crippen LogP contribution < -0.4 is 10.6 Å². The van der Waals surface area contributed by atoms with E-state index in [0.717, 1.165) is 38.5 Å². The van der Waals surface area contributed by atoms with Crippen molar-refractivity contribution in [2.75, 3.05) is 14.1 Å². The summed E-state index contributed by atoms with van der Waals surface area (Å²) in [5.74, 6) is -0.0938. The standard InChI is InChI=1S/C14H24N2O2/c1-15-13(17)11-9-7-5-3-4-6-8-10-12-14(18)16-2/h9-12H,3-8H2,1-2H3,(H,15,17)(H,16,18). The van der Waals surface area contributed by atoms with Crippen LogP contribution in [0.2, 0.25) is 0 Å². The molecule has 0 unspecified atom stereocenters. The van der Waals surface area contributed by atoms with Crippen molar-refractivity contribution in [3.8, 4) is 0 Å². The Bertz CT molecular complexity index is 266. The fourth-order valence-corrected chi connectivity index (χ4v) is 1.43. The summed E-state index contributed by atoms with van der Waals surface area (Å²) in [7, 11) is 3.25. The molecule has 0 aliphatic heterocycles. The summed E-state index contributed by atoms with van der Waals surface area (Å²) in [6.07, 6.45) is 13.4. The summed E-state index contributed by atoms with van der Waals surface area (Å²) in [5.41, 5.74) is 0. The molecule has 0 fully saturated rings. The van der Waals surface area contributed by atoms with Gasteiger partial charge in [0.2, 0.25) is 11.8 Å². The van der Waals surface area contributed by atoms with Crippen LogP contribution in [0.25, 0.3) is 0 Å². The van der Waals surface area contributed by atoms with Gasteiger partial charge in [0.1, 0.15) is 0 Å². The number of hydrogen-bond acceptors (Lipinski definition) is 2. The molecule has 4 nitrogen and oxygen atoms in total. The number of likely N-dealkylation sites (N-methyl/N-ethyl adjacent to an activating group) is 2. The molecule has 0 aromatic carbocycles. The van der Waals surface area contributed by atoms with Crippen LogP contribution in [0.15, 0.2) is 24.3 Å². The maximum Gasteiger partial charge on any atom is 0.243 e. The third kappa shape index (κ3) is 10.9. The van der Waals surface area contributed by atoms with E-state index in [0.29, 0.717) is 0 Å². The zero-order chi connectivity index (χ0) is 13.6. The lowest BCUT2D eigenvalue weighted by molar-refractivity contribution is -0.116. The van der Waals surface area contributed by atoms with Crippen LogP contribution in [0.1, 0.15) is 38.5 Å². The highest BCUT2D eigenvalue weighted by Crippen LogP contribution is 2.06. The fraction of sp³-hybridized carbons (Fsp3) is 0.571. The van der Waals surface area contributed by atoms with E-state index in [2.05, 4.69) is 10.6 Å². The third-order valence-corrected chi connectivity index (χ3v) is 2.52. The zero-order valence-corrected chi connectivity index (χ0v) is 11.4. The molecule has 2 amide bonds. The maximum atomic E-state index is 10.9. The maximum absolute atomic E-state index is 10.9. The first-order valence-electron chi connectivity index (χ1n) is 6.47. The number of hydrogen-bond donors (Lipinski definition) is 2. The Kier molecular flexibility index (Phi) is 10.8. The van der Waals surface area contributed by atoms with Gasteiger partial charge in [0.25, 0.3) is 0 Å². The summed E-state index contributed by atoms with van der Waals surface area (Å²) in [5, 5.41) is 5.08. The molecule has 2 N–H and O–H groups in total. The van der Waals surface area contributed by atoms with Gasteiger partial charge in [0.05, 0.1) is 0 Å². The van der Waals surface area contributed by atoms with Gasteiger partial charge in [-0.25, -0.2) is 0 Å². The van der Waals surface area contributed by atoms with Crippen molar-refractivity contribution >= 4 is 11.8 Å². The molecule has 0 aromatic rings. The number of nitrogens with one attached hydrogen (secondary N) is 2. The molecule has 4 heteroatoms. The van der Waals surface area contributed by atoms with Crippen molar-refractivity contribution < 1.29 is 9.59 Å². The van der Waals surface area contributed by atoms with Crippen molar-refractivity contribution in [1.82, 2.24) is 10.6 Å². The molecule has 0 bridgehead atoms. The van der Waals surface area contributed by atoms with E-state index in [1.54, 1.807) is 26.2 Å². The van der Waals surface area contributed by atoms with Gasteiger partial charge >= 0.3 is 0 Å².